The number of aryl methyl sites for hydroxylation is 1. The third-order valence-electron chi connectivity index (χ3n) is 2.82. The first kappa shape index (κ1) is 16.5. The van der Waals surface area contributed by atoms with Crippen molar-refractivity contribution in [1.82, 2.24) is 15.0 Å². The highest BCUT2D eigenvalue weighted by Crippen LogP contribution is 2.30. The molecule has 2 heterocycles. The SMILES string of the molecule is CCCNc1nc(-c2ncc(Cl)cc2Cl)nc(CC)c1Br. The molecule has 0 aliphatic carbocycles. The smallest absolute Gasteiger partial charge is 0.182 e. The van der Waals surface area contributed by atoms with E-state index in [2.05, 4.69) is 43.1 Å². The fraction of sp³-hybridized carbons (Fsp3) is 0.357. The minimum Gasteiger partial charge on any atom is -0.369 e. The summed E-state index contributed by atoms with van der Waals surface area (Å²) in [5.41, 5.74) is 1.44. The second-order valence-electron chi connectivity index (χ2n) is 4.42. The second kappa shape index (κ2) is 7.38. The minimum absolute atomic E-state index is 0.438. The van der Waals surface area contributed by atoms with Gasteiger partial charge in [0.1, 0.15) is 11.5 Å². The van der Waals surface area contributed by atoms with Crippen LogP contribution in [0.5, 0.6) is 0 Å². The molecule has 0 unspecified atom stereocenters. The molecule has 4 nitrogen and oxygen atoms in total. The Morgan fingerprint density at radius 3 is 2.62 bits per heavy atom. The van der Waals surface area contributed by atoms with E-state index in [1.165, 1.54) is 0 Å². The van der Waals surface area contributed by atoms with E-state index < -0.39 is 0 Å². The summed E-state index contributed by atoms with van der Waals surface area (Å²) in [7, 11) is 0. The lowest BCUT2D eigenvalue weighted by molar-refractivity contribution is 0.941. The number of halogens is 3. The topological polar surface area (TPSA) is 50.7 Å². The Labute approximate surface area is 142 Å². The first-order chi connectivity index (χ1) is 10.1. The van der Waals surface area contributed by atoms with Crippen LogP contribution >= 0.6 is 39.1 Å². The Morgan fingerprint density at radius 2 is 2.00 bits per heavy atom. The Bertz CT molecular complexity index is 649. The van der Waals surface area contributed by atoms with Crippen LogP contribution in [0, 0.1) is 0 Å². The number of aromatic nitrogens is 3. The van der Waals surface area contributed by atoms with Crippen LogP contribution in [0.4, 0.5) is 5.82 Å². The summed E-state index contributed by atoms with van der Waals surface area (Å²) in [6, 6.07) is 1.64. The molecule has 0 spiro atoms. The number of nitrogens with zero attached hydrogens (tertiary/aromatic N) is 3. The lowest BCUT2D eigenvalue weighted by atomic mass is 10.2. The molecule has 0 saturated heterocycles. The van der Waals surface area contributed by atoms with Crippen molar-refractivity contribution in [3.05, 3.63) is 32.5 Å². The van der Waals surface area contributed by atoms with Gasteiger partial charge in [-0.15, -0.1) is 0 Å². The number of hydrogen-bond acceptors (Lipinski definition) is 4. The van der Waals surface area contributed by atoms with Gasteiger partial charge in [0, 0.05) is 12.7 Å². The molecule has 21 heavy (non-hydrogen) atoms. The first-order valence-electron chi connectivity index (χ1n) is 6.68. The van der Waals surface area contributed by atoms with Gasteiger partial charge in [-0.05, 0) is 34.8 Å². The lowest BCUT2D eigenvalue weighted by Gasteiger charge is -2.12. The van der Waals surface area contributed by atoms with Crippen LogP contribution in [0.2, 0.25) is 10.0 Å². The largest absolute Gasteiger partial charge is 0.369 e. The zero-order valence-corrected chi connectivity index (χ0v) is 14.8. The van der Waals surface area contributed by atoms with Gasteiger partial charge in [0.2, 0.25) is 0 Å². The maximum Gasteiger partial charge on any atom is 0.182 e. The molecule has 0 radical (unpaired) electrons. The number of pyridine rings is 1. The van der Waals surface area contributed by atoms with E-state index in [0.717, 1.165) is 35.4 Å². The highest BCUT2D eigenvalue weighted by molar-refractivity contribution is 9.10. The predicted molar refractivity (Wildman–Crippen MR) is 91.1 cm³/mol. The lowest BCUT2D eigenvalue weighted by Crippen LogP contribution is -2.07. The molecule has 0 fully saturated rings. The van der Waals surface area contributed by atoms with Crippen LogP contribution in [0.3, 0.4) is 0 Å². The molecule has 0 aliphatic rings. The molecule has 7 heteroatoms. The normalized spacial score (nSPS) is 10.7. The van der Waals surface area contributed by atoms with Crippen molar-refractivity contribution in [3.8, 4) is 11.5 Å². The van der Waals surface area contributed by atoms with E-state index in [1.54, 1.807) is 12.3 Å². The molecular weight excluding hydrogens is 375 g/mol. The van der Waals surface area contributed by atoms with Crippen LogP contribution in [-0.2, 0) is 6.42 Å². The summed E-state index contributed by atoms with van der Waals surface area (Å²) in [5, 5.41) is 4.21. The molecular formula is C14H15BrCl2N4. The summed E-state index contributed by atoms with van der Waals surface area (Å²) in [4.78, 5) is 13.3. The standard InChI is InChI=1S/C14H15BrCl2N4/c1-3-5-18-13-11(15)10(4-2)20-14(21-13)12-9(17)6-8(16)7-19-12/h6-7H,3-5H2,1-2H3,(H,18,20,21). The van der Waals surface area contributed by atoms with E-state index in [-0.39, 0.29) is 0 Å². The predicted octanol–water partition coefficient (Wildman–Crippen LogP) is 4.99. The van der Waals surface area contributed by atoms with Gasteiger partial charge in [0.25, 0.3) is 0 Å². The average Bonchev–Trinajstić information content (AvgIpc) is 2.46. The number of nitrogens with one attached hydrogen (secondary N) is 1. The first-order valence-corrected chi connectivity index (χ1v) is 8.23. The Balaban J connectivity index is 2.52. The molecule has 0 atom stereocenters. The van der Waals surface area contributed by atoms with Gasteiger partial charge in [-0.2, -0.15) is 0 Å². The fourth-order valence-electron chi connectivity index (χ4n) is 1.77. The quantitative estimate of drug-likeness (QED) is 0.782. The zero-order chi connectivity index (χ0) is 15.4. The minimum atomic E-state index is 0.438. The third-order valence-corrected chi connectivity index (χ3v) is 4.14. The molecule has 2 aromatic heterocycles. The maximum atomic E-state index is 6.20. The number of hydrogen-bond donors (Lipinski definition) is 1. The highest BCUT2D eigenvalue weighted by atomic mass is 79.9. The molecule has 0 amide bonds. The van der Waals surface area contributed by atoms with Crippen molar-refractivity contribution >= 4 is 44.9 Å². The summed E-state index contributed by atoms with van der Waals surface area (Å²) in [6.45, 7) is 4.97. The molecule has 112 valence electrons. The molecule has 0 bridgehead atoms. The Hall–Kier alpha value is -0.910. The van der Waals surface area contributed by atoms with Crippen molar-refractivity contribution < 1.29 is 0 Å². The van der Waals surface area contributed by atoms with Crippen molar-refractivity contribution in [1.29, 1.82) is 0 Å². The van der Waals surface area contributed by atoms with Crippen LogP contribution in [0.1, 0.15) is 26.0 Å². The molecule has 0 saturated carbocycles. The summed E-state index contributed by atoms with van der Waals surface area (Å²) in [6.07, 6.45) is 3.33. The van der Waals surface area contributed by atoms with Crippen molar-refractivity contribution in [2.75, 3.05) is 11.9 Å². The third kappa shape index (κ3) is 3.84. The molecule has 1 N–H and O–H groups in total. The van der Waals surface area contributed by atoms with Crippen LogP contribution in [-0.4, -0.2) is 21.5 Å². The Morgan fingerprint density at radius 1 is 1.24 bits per heavy atom. The van der Waals surface area contributed by atoms with E-state index in [0.29, 0.717) is 21.6 Å². The van der Waals surface area contributed by atoms with E-state index in [9.17, 15) is 0 Å². The Kier molecular flexibility index (Phi) is 5.79. The highest BCUT2D eigenvalue weighted by Gasteiger charge is 2.15. The van der Waals surface area contributed by atoms with Gasteiger partial charge >= 0.3 is 0 Å². The summed E-state index contributed by atoms with van der Waals surface area (Å²) in [5.74, 6) is 1.25. The van der Waals surface area contributed by atoms with E-state index >= 15 is 0 Å². The summed E-state index contributed by atoms with van der Waals surface area (Å²) >= 11 is 15.6. The van der Waals surface area contributed by atoms with Gasteiger partial charge in [0.05, 0.1) is 20.2 Å². The molecule has 0 aliphatic heterocycles. The zero-order valence-electron chi connectivity index (χ0n) is 11.8. The van der Waals surface area contributed by atoms with Crippen LogP contribution in [0.15, 0.2) is 16.7 Å². The average molecular weight is 390 g/mol. The molecule has 2 rings (SSSR count). The fourth-order valence-corrected chi connectivity index (χ4v) is 2.84. The number of anilines is 1. The van der Waals surface area contributed by atoms with Crippen LogP contribution < -0.4 is 5.32 Å². The van der Waals surface area contributed by atoms with Crippen molar-refractivity contribution in [2.45, 2.75) is 26.7 Å². The summed E-state index contributed by atoms with van der Waals surface area (Å²) < 4.78 is 0.882. The van der Waals surface area contributed by atoms with E-state index in [1.807, 2.05) is 6.92 Å². The van der Waals surface area contributed by atoms with E-state index in [4.69, 9.17) is 23.2 Å². The maximum absolute atomic E-state index is 6.20. The van der Waals surface area contributed by atoms with Gasteiger partial charge in [-0.1, -0.05) is 37.0 Å². The number of rotatable bonds is 5. The van der Waals surface area contributed by atoms with Gasteiger partial charge in [-0.25, -0.2) is 15.0 Å². The van der Waals surface area contributed by atoms with Crippen molar-refractivity contribution in [2.24, 2.45) is 0 Å². The second-order valence-corrected chi connectivity index (χ2v) is 6.06. The van der Waals surface area contributed by atoms with Gasteiger partial charge in [-0.3, -0.25) is 0 Å². The van der Waals surface area contributed by atoms with Gasteiger partial charge in [0.15, 0.2) is 5.82 Å². The van der Waals surface area contributed by atoms with Crippen LogP contribution in [0.25, 0.3) is 11.5 Å². The molecule has 0 aromatic carbocycles. The monoisotopic (exact) mass is 388 g/mol. The molecule has 2 aromatic rings. The van der Waals surface area contributed by atoms with Gasteiger partial charge < -0.3 is 5.32 Å². The van der Waals surface area contributed by atoms with Crippen molar-refractivity contribution in [3.63, 3.8) is 0 Å².